The van der Waals surface area contributed by atoms with E-state index in [0.717, 1.165) is 16.9 Å². The van der Waals surface area contributed by atoms with Gasteiger partial charge in [-0.3, -0.25) is 19.7 Å². The molecule has 0 spiro atoms. The Kier molecular flexibility index (Phi) is 7.09. The standard InChI is InChI=1S/C22H21FN4O3S/c1-3-19(28)24-14-9-8-13(2)18(10-14)26-20(29)11-15-12-31-22(25-15)27-21(30)16-6-4-5-7-17(16)23/h4-10,12H,3,11H2,1-2H3,(H,24,28)(H,26,29)(H,25,27,30). The molecule has 0 bridgehead atoms. The Morgan fingerprint density at radius 1 is 1.03 bits per heavy atom. The average Bonchev–Trinajstić information content (AvgIpc) is 3.17. The maximum absolute atomic E-state index is 13.7. The fourth-order valence-electron chi connectivity index (χ4n) is 2.70. The van der Waals surface area contributed by atoms with Crippen LogP contribution in [0.25, 0.3) is 0 Å². The maximum Gasteiger partial charge on any atom is 0.260 e. The van der Waals surface area contributed by atoms with Crippen LogP contribution >= 0.6 is 11.3 Å². The summed E-state index contributed by atoms with van der Waals surface area (Å²) >= 11 is 1.15. The van der Waals surface area contributed by atoms with E-state index < -0.39 is 11.7 Å². The van der Waals surface area contributed by atoms with Crippen molar-refractivity contribution >= 4 is 45.6 Å². The molecule has 9 heteroatoms. The molecule has 0 saturated heterocycles. The van der Waals surface area contributed by atoms with Crippen LogP contribution in [0.2, 0.25) is 0 Å². The van der Waals surface area contributed by atoms with Crippen LogP contribution in [0.4, 0.5) is 20.9 Å². The summed E-state index contributed by atoms with van der Waals surface area (Å²) in [6.45, 7) is 3.60. The van der Waals surface area contributed by atoms with E-state index in [2.05, 4.69) is 20.9 Å². The van der Waals surface area contributed by atoms with Crippen molar-refractivity contribution in [3.8, 4) is 0 Å². The number of carbonyl (C=O) groups excluding carboxylic acids is 3. The SMILES string of the molecule is CCC(=O)Nc1ccc(C)c(NC(=O)Cc2csc(NC(=O)c3ccccc3F)n2)c1. The quantitative estimate of drug-likeness (QED) is 0.508. The summed E-state index contributed by atoms with van der Waals surface area (Å²) in [6, 6.07) is 10.9. The molecule has 0 atom stereocenters. The molecule has 0 aliphatic rings. The summed E-state index contributed by atoms with van der Waals surface area (Å²) < 4.78 is 13.7. The molecular weight excluding hydrogens is 419 g/mol. The molecule has 31 heavy (non-hydrogen) atoms. The molecule has 0 fully saturated rings. The molecule has 3 rings (SSSR count). The number of halogens is 1. The van der Waals surface area contributed by atoms with Gasteiger partial charge in [0.1, 0.15) is 5.82 Å². The Morgan fingerprint density at radius 3 is 2.55 bits per heavy atom. The highest BCUT2D eigenvalue weighted by Gasteiger charge is 2.14. The van der Waals surface area contributed by atoms with Crippen molar-refractivity contribution in [2.45, 2.75) is 26.7 Å². The Hall–Kier alpha value is -3.59. The topological polar surface area (TPSA) is 100 Å². The van der Waals surface area contributed by atoms with E-state index in [1.54, 1.807) is 36.6 Å². The Balaban J connectivity index is 1.61. The van der Waals surface area contributed by atoms with E-state index in [1.807, 2.05) is 6.92 Å². The zero-order chi connectivity index (χ0) is 22.4. The van der Waals surface area contributed by atoms with Gasteiger partial charge < -0.3 is 10.6 Å². The van der Waals surface area contributed by atoms with Crippen LogP contribution in [0, 0.1) is 12.7 Å². The van der Waals surface area contributed by atoms with E-state index in [4.69, 9.17) is 0 Å². The minimum Gasteiger partial charge on any atom is -0.326 e. The predicted octanol–water partition coefficient (Wildman–Crippen LogP) is 4.37. The van der Waals surface area contributed by atoms with Gasteiger partial charge in [-0.05, 0) is 36.8 Å². The van der Waals surface area contributed by atoms with Gasteiger partial charge in [0.15, 0.2) is 5.13 Å². The molecule has 7 nitrogen and oxygen atoms in total. The maximum atomic E-state index is 13.7. The lowest BCUT2D eigenvalue weighted by atomic mass is 10.1. The molecule has 160 valence electrons. The third-order valence-corrected chi connectivity index (χ3v) is 5.16. The number of nitrogens with one attached hydrogen (secondary N) is 3. The molecule has 0 radical (unpaired) electrons. The first kappa shape index (κ1) is 22.1. The van der Waals surface area contributed by atoms with Crippen LogP contribution in [-0.2, 0) is 16.0 Å². The van der Waals surface area contributed by atoms with E-state index in [1.165, 1.54) is 18.2 Å². The number of hydrogen-bond acceptors (Lipinski definition) is 5. The van der Waals surface area contributed by atoms with E-state index in [-0.39, 0.29) is 28.9 Å². The van der Waals surface area contributed by atoms with Gasteiger partial charge in [0.25, 0.3) is 5.91 Å². The normalized spacial score (nSPS) is 10.4. The lowest BCUT2D eigenvalue weighted by Gasteiger charge is -2.11. The second-order valence-corrected chi connectivity index (χ2v) is 7.59. The fraction of sp³-hybridized carbons (Fsp3) is 0.182. The highest BCUT2D eigenvalue weighted by Crippen LogP contribution is 2.22. The molecule has 3 aromatic rings. The predicted molar refractivity (Wildman–Crippen MR) is 119 cm³/mol. The number of carbonyl (C=O) groups is 3. The van der Waals surface area contributed by atoms with Gasteiger partial charge in [-0.15, -0.1) is 11.3 Å². The van der Waals surface area contributed by atoms with Crippen LogP contribution in [-0.4, -0.2) is 22.7 Å². The van der Waals surface area contributed by atoms with Crippen molar-refractivity contribution in [1.29, 1.82) is 0 Å². The minimum atomic E-state index is -0.621. The summed E-state index contributed by atoms with van der Waals surface area (Å²) in [5.74, 6) is -1.64. The summed E-state index contributed by atoms with van der Waals surface area (Å²) in [7, 11) is 0. The third kappa shape index (κ3) is 5.95. The van der Waals surface area contributed by atoms with Crippen LogP contribution in [0.5, 0.6) is 0 Å². The van der Waals surface area contributed by atoms with Crippen molar-refractivity contribution in [1.82, 2.24) is 4.98 Å². The first-order valence-electron chi connectivity index (χ1n) is 9.56. The van der Waals surface area contributed by atoms with E-state index in [9.17, 15) is 18.8 Å². The van der Waals surface area contributed by atoms with E-state index in [0.29, 0.717) is 23.5 Å². The molecule has 1 aromatic heterocycles. The lowest BCUT2D eigenvalue weighted by molar-refractivity contribution is -0.116. The zero-order valence-corrected chi connectivity index (χ0v) is 17.8. The highest BCUT2D eigenvalue weighted by atomic mass is 32.1. The van der Waals surface area contributed by atoms with Gasteiger partial charge in [0.2, 0.25) is 11.8 Å². The minimum absolute atomic E-state index is 0.00292. The van der Waals surface area contributed by atoms with Crippen LogP contribution in [0.1, 0.15) is 35.0 Å². The Bertz CT molecular complexity index is 1130. The first-order chi connectivity index (χ1) is 14.9. The fourth-order valence-corrected chi connectivity index (χ4v) is 3.40. The Labute approximate surface area is 182 Å². The summed E-state index contributed by atoms with van der Waals surface area (Å²) in [6.07, 6.45) is 0.353. The average molecular weight is 441 g/mol. The van der Waals surface area contributed by atoms with E-state index >= 15 is 0 Å². The number of aryl methyl sites for hydroxylation is 1. The lowest BCUT2D eigenvalue weighted by Crippen LogP contribution is -2.16. The van der Waals surface area contributed by atoms with Gasteiger partial charge in [0, 0.05) is 23.2 Å². The smallest absolute Gasteiger partial charge is 0.260 e. The number of rotatable bonds is 7. The number of thiazole rings is 1. The molecule has 0 aliphatic heterocycles. The summed E-state index contributed by atoms with van der Waals surface area (Å²) in [5.41, 5.74) is 2.42. The van der Waals surface area contributed by atoms with Gasteiger partial charge >= 0.3 is 0 Å². The van der Waals surface area contributed by atoms with Crippen molar-refractivity contribution in [3.63, 3.8) is 0 Å². The molecule has 0 saturated carbocycles. The number of amides is 3. The number of aromatic nitrogens is 1. The zero-order valence-electron chi connectivity index (χ0n) is 17.0. The van der Waals surface area contributed by atoms with Crippen molar-refractivity contribution in [2.24, 2.45) is 0 Å². The summed E-state index contributed by atoms with van der Waals surface area (Å²) in [4.78, 5) is 40.4. The highest BCUT2D eigenvalue weighted by molar-refractivity contribution is 7.14. The van der Waals surface area contributed by atoms with Crippen LogP contribution < -0.4 is 16.0 Å². The van der Waals surface area contributed by atoms with Crippen molar-refractivity contribution < 1.29 is 18.8 Å². The Morgan fingerprint density at radius 2 is 1.81 bits per heavy atom. The molecular formula is C22H21FN4O3S. The second-order valence-electron chi connectivity index (χ2n) is 6.73. The van der Waals surface area contributed by atoms with Crippen molar-refractivity contribution in [3.05, 3.63) is 70.5 Å². The first-order valence-corrected chi connectivity index (χ1v) is 10.4. The number of hydrogen-bond donors (Lipinski definition) is 3. The molecule has 0 aliphatic carbocycles. The number of nitrogens with zero attached hydrogens (tertiary/aromatic N) is 1. The van der Waals surface area contributed by atoms with Crippen LogP contribution in [0.3, 0.4) is 0 Å². The second kappa shape index (κ2) is 9.94. The van der Waals surface area contributed by atoms with Crippen LogP contribution in [0.15, 0.2) is 47.8 Å². The van der Waals surface area contributed by atoms with Gasteiger partial charge in [-0.25, -0.2) is 9.37 Å². The van der Waals surface area contributed by atoms with Gasteiger partial charge in [-0.1, -0.05) is 25.1 Å². The molecule has 1 heterocycles. The van der Waals surface area contributed by atoms with Gasteiger partial charge in [-0.2, -0.15) is 0 Å². The molecule has 2 aromatic carbocycles. The largest absolute Gasteiger partial charge is 0.326 e. The number of anilines is 3. The monoisotopic (exact) mass is 440 g/mol. The molecule has 0 unspecified atom stereocenters. The number of benzene rings is 2. The summed E-state index contributed by atoms with van der Waals surface area (Å²) in [5, 5.41) is 10.0. The molecule has 3 amide bonds. The third-order valence-electron chi connectivity index (χ3n) is 4.35. The van der Waals surface area contributed by atoms with Crippen molar-refractivity contribution in [2.75, 3.05) is 16.0 Å². The van der Waals surface area contributed by atoms with Gasteiger partial charge in [0.05, 0.1) is 17.7 Å². The molecule has 3 N–H and O–H groups in total.